The van der Waals surface area contributed by atoms with E-state index in [1.54, 1.807) is 7.05 Å². The minimum Gasteiger partial charge on any atom is -0.282 e. The second-order valence-electron chi connectivity index (χ2n) is 2.11. The fourth-order valence-corrected chi connectivity index (χ4v) is 0.591. The van der Waals surface area contributed by atoms with Crippen LogP contribution in [-0.2, 0) is 0 Å². The maximum atomic E-state index is 10.2. The standard InChI is InChI=1S/C5H7N5O2/c1-9(6)5-7-2-4(3-8-5)10(11)12/h2-3H,6H2,1H3. The van der Waals surface area contributed by atoms with E-state index < -0.39 is 4.92 Å². The first-order valence-corrected chi connectivity index (χ1v) is 3.06. The number of nitro groups is 1. The summed E-state index contributed by atoms with van der Waals surface area (Å²) in [6.45, 7) is 0. The summed E-state index contributed by atoms with van der Waals surface area (Å²) in [5.41, 5.74) is -0.152. The van der Waals surface area contributed by atoms with Gasteiger partial charge in [0, 0.05) is 7.05 Å². The monoisotopic (exact) mass is 169 g/mol. The number of nitrogens with two attached hydrogens (primary N) is 1. The lowest BCUT2D eigenvalue weighted by Crippen LogP contribution is -2.27. The Hall–Kier alpha value is -1.76. The Morgan fingerprint density at radius 2 is 2.08 bits per heavy atom. The van der Waals surface area contributed by atoms with Gasteiger partial charge in [-0.15, -0.1) is 0 Å². The molecule has 0 aromatic carbocycles. The van der Waals surface area contributed by atoms with Gasteiger partial charge in [0.2, 0.25) is 5.95 Å². The van der Waals surface area contributed by atoms with E-state index in [9.17, 15) is 10.1 Å². The Bertz CT molecular complexity index is 282. The number of aromatic nitrogens is 2. The van der Waals surface area contributed by atoms with Gasteiger partial charge in [-0.1, -0.05) is 0 Å². The van der Waals surface area contributed by atoms with Gasteiger partial charge in [0.25, 0.3) is 0 Å². The van der Waals surface area contributed by atoms with Crippen molar-refractivity contribution in [3.05, 3.63) is 22.5 Å². The predicted octanol–water partition coefficient (Wildman–Crippen LogP) is -0.305. The molecule has 0 bridgehead atoms. The highest BCUT2D eigenvalue weighted by Gasteiger charge is 2.06. The highest BCUT2D eigenvalue weighted by molar-refractivity contribution is 5.30. The number of hydrogen-bond donors (Lipinski definition) is 1. The SMILES string of the molecule is CN(N)c1ncc([N+](=O)[O-])cn1. The topological polar surface area (TPSA) is 98.2 Å². The van der Waals surface area contributed by atoms with Gasteiger partial charge in [-0.3, -0.25) is 15.1 Å². The number of nitrogens with zero attached hydrogens (tertiary/aromatic N) is 4. The van der Waals surface area contributed by atoms with Crippen LogP contribution in [0, 0.1) is 10.1 Å². The van der Waals surface area contributed by atoms with Crippen LogP contribution in [0.1, 0.15) is 0 Å². The molecule has 7 nitrogen and oxygen atoms in total. The quantitative estimate of drug-likeness (QED) is 0.370. The van der Waals surface area contributed by atoms with Crippen LogP contribution in [0.25, 0.3) is 0 Å². The van der Waals surface area contributed by atoms with Crippen molar-refractivity contribution in [2.24, 2.45) is 5.84 Å². The lowest BCUT2D eigenvalue weighted by molar-refractivity contribution is -0.385. The fraction of sp³-hybridized carbons (Fsp3) is 0.200. The molecule has 1 heterocycles. The van der Waals surface area contributed by atoms with Crippen molar-refractivity contribution in [3.8, 4) is 0 Å². The Labute approximate surface area is 68.0 Å². The second kappa shape index (κ2) is 3.09. The van der Waals surface area contributed by atoms with Crippen LogP contribution in [0.2, 0.25) is 0 Å². The van der Waals surface area contributed by atoms with Gasteiger partial charge < -0.3 is 0 Å². The van der Waals surface area contributed by atoms with Crippen molar-refractivity contribution in [1.29, 1.82) is 0 Å². The Kier molecular flexibility index (Phi) is 2.15. The maximum absolute atomic E-state index is 10.2. The molecule has 12 heavy (non-hydrogen) atoms. The molecular formula is C5H7N5O2. The smallest absolute Gasteiger partial charge is 0.282 e. The van der Waals surface area contributed by atoms with E-state index in [-0.39, 0.29) is 11.6 Å². The molecule has 0 unspecified atom stereocenters. The minimum absolute atomic E-state index is 0.152. The zero-order valence-corrected chi connectivity index (χ0v) is 6.34. The average molecular weight is 169 g/mol. The van der Waals surface area contributed by atoms with Crippen LogP contribution in [0.4, 0.5) is 11.6 Å². The lowest BCUT2D eigenvalue weighted by atomic mass is 10.5. The van der Waals surface area contributed by atoms with E-state index in [1.165, 1.54) is 5.01 Å². The number of hydrazine groups is 1. The summed E-state index contributed by atoms with van der Waals surface area (Å²) in [5.74, 6) is 5.52. The van der Waals surface area contributed by atoms with Crippen molar-refractivity contribution >= 4 is 11.6 Å². The highest BCUT2D eigenvalue weighted by Crippen LogP contribution is 2.08. The van der Waals surface area contributed by atoms with E-state index in [0.717, 1.165) is 12.4 Å². The van der Waals surface area contributed by atoms with E-state index in [2.05, 4.69) is 9.97 Å². The van der Waals surface area contributed by atoms with Gasteiger partial charge in [-0.25, -0.2) is 15.8 Å². The van der Waals surface area contributed by atoms with Crippen LogP contribution in [0.5, 0.6) is 0 Å². The van der Waals surface area contributed by atoms with Gasteiger partial charge in [0.05, 0.1) is 4.92 Å². The van der Waals surface area contributed by atoms with Crippen LogP contribution < -0.4 is 10.9 Å². The zero-order chi connectivity index (χ0) is 9.14. The third-order valence-corrected chi connectivity index (χ3v) is 1.15. The molecule has 2 N–H and O–H groups in total. The second-order valence-corrected chi connectivity index (χ2v) is 2.11. The average Bonchev–Trinajstić information content (AvgIpc) is 2.04. The highest BCUT2D eigenvalue weighted by atomic mass is 16.6. The van der Waals surface area contributed by atoms with Gasteiger partial charge in [-0.05, 0) is 0 Å². The van der Waals surface area contributed by atoms with Gasteiger partial charge in [0.1, 0.15) is 12.4 Å². The Morgan fingerprint density at radius 1 is 1.58 bits per heavy atom. The molecule has 0 saturated heterocycles. The van der Waals surface area contributed by atoms with Gasteiger partial charge in [-0.2, -0.15) is 0 Å². The summed E-state index contributed by atoms with van der Waals surface area (Å²) < 4.78 is 0. The summed E-state index contributed by atoms with van der Waals surface area (Å²) in [7, 11) is 1.54. The number of hydrogen-bond acceptors (Lipinski definition) is 6. The molecule has 0 radical (unpaired) electrons. The van der Waals surface area contributed by atoms with E-state index in [0.29, 0.717) is 0 Å². The maximum Gasteiger partial charge on any atom is 0.305 e. The zero-order valence-electron chi connectivity index (χ0n) is 6.34. The Morgan fingerprint density at radius 3 is 2.42 bits per heavy atom. The predicted molar refractivity (Wildman–Crippen MR) is 41.3 cm³/mol. The molecule has 0 saturated carbocycles. The fourth-order valence-electron chi connectivity index (χ4n) is 0.591. The molecule has 7 heteroatoms. The van der Waals surface area contributed by atoms with Gasteiger partial charge in [0.15, 0.2) is 0 Å². The van der Waals surface area contributed by atoms with Crippen LogP contribution in [-0.4, -0.2) is 21.9 Å². The minimum atomic E-state index is -0.569. The van der Waals surface area contributed by atoms with Gasteiger partial charge >= 0.3 is 5.69 Å². The van der Waals surface area contributed by atoms with Crippen molar-refractivity contribution in [2.75, 3.05) is 12.1 Å². The normalized spacial score (nSPS) is 9.50. The number of rotatable bonds is 2. The van der Waals surface area contributed by atoms with Crippen LogP contribution >= 0.6 is 0 Å². The molecule has 1 aromatic rings. The first kappa shape index (κ1) is 8.34. The first-order valence-electron chi connectivity index (χ1n) is 3.06. The molecule has 64 valence electrons. The van der Waals surface area contributed by atoms with Crippen molar-refractivity contribution in [3.63, 3.8) is 0 Å². The van der Waals surface area contributed by atoms with Crippen LogP contribution in [0.15, 0.2) is 12.4 Å². The summed E-state index contributed by atoms with van der Waals surface area (Å²) in [4.78, 5) is 16.9. The van der Waals surface area contributed by atoms with E-state index >= 15 is 0 Å². The van der Waals surface area contributed by atoms with Crippen LogP contribution in [0.3, 0.4) is 0 Å². The summed E-state index contributed by atoms with van der Waals surface area (Å²) in [5, 5.41) is 11.3. The van der Waals surface area contributed by atoms with E-state index in [1.807, 2.05) is 0 Å². The van der Waals surface area contributed by atoms with Crippen molar-refractivity contribution < 1.29 is 4.92 Å². The first-order chi connectivity index (χ1) is 5.61. The molecule has 0 fully saturated rings. The summed E-state index contributed by atoms with van der Waals surface area (Å²) >= 11 is 0. The molecule has 0 aliphatic rings. The number of anilines is 1. The molecule has 1 aromatic heterocycles. The molecule has 0 spiro atoms. The Balaban J connectivity index is 2.93. The summed E-state index contributed by atoms with van der Waals surface area (Å²) in [6.07, 6.45) is 2.21. The molecule has 0 amide bonds. The van der Waals surface area contributed by atoms with E-state index in [4.69, 9.17) is 5.84 Å². The molecule has 0 aliphatic heterocycles. The summed E-state index contributed by atoms with van der Waals surface area (Å²) in [6, 6.07) is 0. The molecule has 0 aliphatic carbocycles. The third kappa shape index (κ3) is 1.64. The largest absolute Gasteiger partial charge is 0.305 e. The molecule has 1 rings (SSSR count). The molecule has 0 atom stereocenters. The molecular weight excluding hydrogens is 162 g/mol. The van der Waals surface area contributed by atoms with Crippen molar-refractivity contribution in [2.45, 2.75) is 0 Å². The third-order valence-electron chi connectivity index (χ3n) is 1.15. The van der Waals surface area contributed by atoms with Crippen molar-refractivity contribution in [1.82, 2.24) is 9.97 Å². The lowest BCUT2D eigenvalue weighted by Gasteiger charge is -2.06.